The van der Waals surface area contributed by atoms with Gasteiger partial charge in [-0.15, -0.1) is 0 Å². The molecule has 0 radical (unpaired) electrons. The molecule has 0 aromatic heterocycles. The molecule has 106 valence electrons. The largest absolute Gasteiger partial charge is 0.352 e. The number of rotatable bonds is 7. The summed E-state index contributed by atoms with van der Waals surface area (Å²) < 4.78 is 11.9. The molecule has 1 aliphatic carbocycles. The second-order valence-corrected chi connectivity index (χ2v) is 6.11. The van der Waals surface area contributed by atoms with E-state index in [1.54, 1.807) is 0 Å². The van der Waals surface area contributed by atoms with E-state index in [-0.39, 0.29) is 11.7 Å². The predicted octanol–water partition coefficient (Wildman–Crippen LogP) is 4.55. The summed E-state index contributed by atoms with van der Waals surface area (Å²) in [6, 6.07) is 0. The zero-order chi connectivity index (χ0) is 13.8. The van der Waals surface area contributed by atoms with Gasteiger partial charge in [0.2, 0.25) is 0 Å². The van der Waals surface area contributed by atoms with Crippen molar-refractivity contribution in [1.29, 1.82) is 0 Å². The van der Waals surface area contributed by atoms with Crippen molar-refractivity contribution in [3.63, 3.8) is 0 Å². The highest BCUT2D eigenvalue weighted by atomic mass is 16.7. The SMILES string of the molecule is CCCOC(OCCC)C1CC(C)(C)C(C)=C1C. The molecule has 0 saturated heterocycles. The summed E-state index contributed by atoms with van der Waals surface area (Å²) in [6.45, 7) is 15.0. The second kappa shape index (κ2) is 6.72. The maximum atomic E-state index is 5.93. The van der Waals surface area contributed by atoms with Crippen LogP contribution in [0.4, 0.5) is 0 Å². The van der Waals surface area contributed by atoms with Crippen molar-refractivity contribution in [2.24, 2.45) is 11.3 Å². The van der Waals surface area contributed by atoms with Crippen LogP contribution in [-0.4, -0.2) is 19.5 Å². The smallest absolute Gasteiger partial charge is 0.164 e. The first-order valence-electron chi connectivity index (χ1n) is 7.35. The first kappa shape index (κ1) is 15.7. The van der Waals surface area contributed by atoms with Crippen molar-refractivity contribution >= 4 is 0 Å². The van der Waals surface area contributed by atoms with Crippen molar-refractivity contribution in [2.75, 3.05) is 13.2 Å². The van der Waals surface area contributed by atoms with E-state index in [0.717, 1.165) is 32.5 Å². The monoisotopic (exact) mass is 254 g/mol. The lowest BCUT2D eigenvalue weighted by molar-refractivity contribution is -0.167. The van der Waals surface area contributed by atoms with Crippen LogP contribution < -0.4 is 0 Å². The van der Waals surface area contributed by atoms with Gasteiger partial charge in [-0.2, -0.15) is 0 Å². The van der Waals surface area contributed by atoms with Gasteiger partial charge in [0, 0.05) is 19.1 Å². The molecular formula is C16H30O2. The van der Waals surface area contributed by atoms with Crippen LogP contribution >= 0.6 is 0 Å². The second-order valence-electron chi connectivity index (χ2n) is 6.11. The van der Waals surface area contributed by atoms with Crippen LogP contribution in [0.2, 0.25) is 0 Å². The minimum atomic E-state index is -0.0541. The van der Waals surface area contributed by atoms with Crippen LogP contribution in [0.25, 0.3) is 0 Å². The third-order valence-corrected chi connectivity index (χ3v) is 4.19. The Labute approximate surface area is 113 Å². The van der Waals surface area contributed by atoms with E-state index in [1.165, 1.54) is 11.1 Å². The molecule has 0 heterocycles. The summed E-state index contributed by atoms with van der Waals surface area (Å²) in [7, 11) is 0. The molecule has 0 spiro atoms. The summed E-state index contributed by atoms with van der Waals surface area (Å²) in [5.74, 6) is 0.429. The molecule has 0 aliphatic heterocycles. The van der Waals surface area contributed by atoms with E-state index >= 15 is 0 Å². The Morgan fingerprint density at radius 1 is 1.11 bits per heavy atom. The van der Waals surface area contributed by atoms with Gasteiger partial charge in [0.25, 0.3) is 0 Å². The van der Waals surface area contributed by atoms with E-state index in [2.05, 4.69) is 41.5 Å². The highest BCUT2D eigenvalue weighted by molar-refractivity contribution is 5.26. The van der Waals surface area contributed by atoms with E-state index in [1.807, 2.05) is 0 Å². The maximum Gasteiger partial charge on any atom is 0.164 e. The molecule has 0 saturated carbocycles. The van der Waals surface area contributed by atoms with Crippen molar-refractivity contribution in [1.82, 2.24) is 0 Å². The Hall–Kier alpha value is -0.340. The van der Waals surface area contributed by atoms with Gasteiger partial charge in [-0.1, -0.05) is 38.8 Å². The quantitative estimate of drug-likeness (QED) is 0.490. The summed E-state index contributed by atoms with van der Waals surface area (Å²) in [4.78, 5) is 0. The van der Waals surface area contributed by atoms with Crippen LogP contribution in [-0.2, 0) is 9.47 Å². The molecule has 0 fully saturated rings. The van der Waals surface area contributed by atoms with E-state index in [4.69, 9.17) is 9.47 Å². The molecule has 2 heteroatoms. The number of allylic oxidation sites excluding steroid dienone is 1. The summed E-state index contributed by atoms with van der Waals surface area (Å²) in [5, 5.41) is 0. The number of ether oxygens (including phenoxy) is 2. The average Bonchev–Trinajstić information content (AvgIpc) is 2.53. The van der Waals surface area contributed by atoms with Crippen molar-refractivity contribution in [3.8, 4) is 0 Å². The Bertz CT molecular complexity index is 283. The molecule has 0 aromatic carbocycles. The van der Waals surface area contributed by atoms with Gasteiger partial charge in [0.15, 0.2) is 6.29 Å². The molecule has 1 unspecified atom stereocenters. The first-order valence-corrected chi connectivity index (χ1v) is 7.35. The molecule has 0 N–H and O–H groups in total. The fourth-order valence-electron chi connectivity index (χ4n) is 2.72. The van der Waals surface area contributed by atoms with Crippen LogP contribution in [0.3, 0.4) is 0 Å². The Balaban J connectivity index is 2.74. The lowest BCUT2D eigenvalue weighted by atomic mass is 9.85. The predicted molar refractivity (Wildman–Crippen MR) is 76.5 cm³/mol. The van der Waals surface area contributed by atoms with Gasteiger partial charge in [-0.25, -0.2) is 0 Å². The van der Waals surface area contributed by atoms with Gasteiger partial charge >= 0.3 is 0 Å². The first-order chi connectivity index (χ1) is 8.44. The molecule has 1 aliphatic rings. The summed E-state index contributed by atoms with van der Waals surface area (Å²) in [5.41, 5.74) is 3.27. The topological polar surface area (TPSA) is 18.5 Å². The van der Waals surface area contributed by atoms with Gasteiger partial charge < -0.3 is 9.47 Å². The molecule has 1 rings (SSSR count). The third-order valence-electron chi connectivity index (χ3n) is 4.19. The zero-order valence-corrected chi connectivity index (χ0v) is 13.0. The highest BCUT2D eigenvalue weighted by Crippen LogP contribution is 2.47. The molecule has 0 aromatic rings. The Kier molecular flexibility index (Phi) is 5.87. The van der Waals surface area contributed by atoms with E-state index < -0.39 is 0 Å². The highest BCUT2D eigenvalue weighted by Gasteiger charge is 2.39. The van der Waals surface area contributed by atoms with Crippen molar-refractivity contribution < 1.29 is 9.47 Å². The maximum absolute atomic E-state index is 5.93. The van der Waals surface area contributed by atoms with Crippen LogP contribution in [0.15, 0.2) is 11.1 Å². The number of hydrogen-bond acceptors (Lipinski definition) is 2. The molecule has 18 heavy (non-hydrogen) atoms. The van der Waals surface area contributed by atoms with Crippen molar-refractivity contribution in [3.05, 3.63) is 11.1 Å². The standard InChI is InChI=1S/C16H30O2/c1-7-9-17-15(18-10-8-2)14-11-16(5,6)13(4)12(14)3/h14-15H,7-11H2,1-6H3. The Morgan fingerprint density at radius 3 is 1.94 bits per heavy atom. The number of hydrogen-bond donors (Lipinski definition) is 0. The van der Waals surface area contributed by atoms with Gasteiger partial charge in [-0.3, -0.25) is 0 Å². The molecular weight excluding hydrogens is 224 g/mol. The molecule has 0 amide bonds. The minimum absolute atomic E-state index is 0.0541. The average molecular weight is 254 g/mol. The van der Waals surface area contributed by atoms with Crippen LogP contribution in [0, 0.1) is 11.3 Å². The molecule has 0 bridgehead atoms. The molecule has 1 atom stereocenters. The summed E-state index contributed by atoms with van der Waals surface area (Å²) >= 11 is 0. The van der Waals surface area contributed by atoms with Gasteiger partial charge in [0.1, 0.15) is 0 Å². The summed E-state index contributed by atoms with van der Waals surface area (Å²) in [6.07, 6.45) is 3.18. The van der Waals surface area contributed by atoms with E-state index in [0.29, 0.717) is 5.92 Å². The lowest BCUT2D eigenvalue weighted by Crippen LogP contribution is -2.28. The van der Waals surface area contributed by atoms with E-state index in [9.17, 15) is 0 Å². The fourth-order valence-corrected chi connectivity index (χ4v) is 2.72. The van der Waals surface area contributed by atoms with Crippen molar-refractivity contribution in [2.45, 2.75) is 67.1 Å². The van der Waals surface area contributed by atoms with Crippen LogP contribution in [0.1, 0.15) is 60.8 Å². The molecule has 2 nitrogen and oxygen atoms in total. The Morgan fingerprint density at radius 2 is 1.61 bits per heavy atom. The minimum Gasteiger partial charge on any atom is -0.352 e. The van der Waals surface area contributed by atoms with Gasteiger partial charge in [0.05, 0.1) is 0 Å². The third kappa shape index (κ3) is 3.58. The normalized spacial score (nSPS) is 23.2. The zero-order valence-electron chi connectivity index (χ0n) is 13.0. The fraction of sp³-hybridized carbons (Fsp3) is 0.875. The lowest BCUT2D eigenvalue weighted by Gasteiger charge is -2.27. The van der Waals surface area contributed by atoms with Gasteiger partial charge in [-0.05, 0) is 38.5 Å². The van der Waals surface area contributed by atoms with Crippen LogP contribution in [0.5, 0.6) is 0 Å².